The van der Waals surface area contributed by atoms with Gasteiger partial charge in [-0.15, -0.1) is 0 Å². The number of benzene rings is 2. The van der Waals surface area contributed by atoms with Crippen LogP contribution in [0.4, 0.5) is 5.69 Å². The van der Waals surface area contributed by atoms with Crippen molar-refractivity contribution >= 4 is 33.5 Å². The summed E-state index contributed by atoms with van der Waals surface area (Å²) in [5.41, 5.74) is 0.851. The monoisotopic (exact) mass is 402 g/mol. The smallest absolute Gasteiger partial charge is 0.338 e. The first-order valence-electron chi connectivity index (χ1n) is 7.30. The quantitative estimate of drug-likeness (QED) is 0.547. The maximum absolute atomic E-state index is 12.3. The first-order chi connectivity index (χ1) is 12.1. The summed E-state index contributed by atoms with van der Waals surface area (Å²) in [6, 6.07) is 15.4. The summed E-state index contributed by atoms with van der Waals surface area (Å²) < 4.78 is 10.8. The average Bonchev–Trinajstić information content (AvgIpc) is 2.64. The lowest BCUT2D eigenvalue weighted by Crippen LogP contribution is -2.35. The number of carbonyl (C=O) groups excluding carboxylic acids is 2. The van der Waals surface area contributed by atoms with Crippen molar-refractivity contribution in [3.63, 3.8) is 0 Å². The zero-order valence-electron chi connectivity index (χ0n) is 13.4. The predicted octanol–water partition coefficient (Wildman–Crippen LogP) is 3.17. The van der Waals surface area contributed by atoms with Crippen LogP contribution in [0.2, 0.25) is 0 Å². The van der Waals surface area contributed by atoms with Crippen LogP contribution in [0.5, 0.6) is 5.75 Å². The summed E-state index contributed by atoms with van der Waals surface area (Å²) >= 11 is 3.29. The van der Waals surface area contributed by atoms with E-state index in [4.69, 9.17) is 14.7 Å². The van der Waals surface area contributed by atoms with Crippen LogP contribution >= 0.6 is 15.9 Å². The van der Waals surface area contributed by atoms with E-state index >= 15 is 0 Å². The lowest BCUT2D eigenvalue weighted by atomic mass is 10.2. The minimum absolute atomic E-state index is 0.130. The molecule has 128 valence electrons. The molecule has 0 aromatic heterocycles. The normalized spacial score (nSPS) is 9.80. The summed E-state index contributed by atoms with van der Waals surface area (Å²) in [5.74, 6) is -0.535. The van der Waals surface area contributed by atoms with Crippen molar-refractivity contribution in [3.8, 4) is 11.8 Å². The molecule has 0 heterocycles. The van der Waals surface area contributed by atoms with Gasteiger partial charge in [-0.05, 0) is 46.3 Å². The molecular formula is C18H15BrN2O4. The largest absolute Gasteiger partial charge is 0.496 e. The van der Waals surface area contributed by atoms with E-state index in [1.54, 1.807) is 48.5 Å². The van der Waals surface area contributed by atoms with Crippen LogP contribution in [0.3, 0.4) is 0 Å². The van der Waals surface area contributed by atoms with Gasteiger partial charge < -0.3 is 9.47 Å². The molecule has 0 saturated heterocycles. The minimum atomic E-state index is -0.637. The van der Waals surface area contributed by atoms with Gasteiger partial charge in [-0.25, -0.2) is 4.79 Å². The number of anilines is 1. The summed E-state index contributed by atoms with van der Waals surface area (Å²) in [6.07, 6.45) is 0. The highest BCUT2D eigenvalue weighted by molar-refractivity contribution is 9.10. The Morgan fingerprint density at radius 2 is 1.92 bits per heavy atom. The fourth-order valence-electron chi connectivity index (χ4n) is 2.08. The van der Waals surface area contributed by atoms with Gasteiger partial charge in [0, 0.05) is 5.69 Å². The maximum atomic E-state index is 12.3. The van der Waals surface area contributed by atoms with Gasteiger partial charge in [0.2, 0.25) is 0 Å². The number of esters is 1. The molecule has 0 aliphatic rings. The van der Waals surface area contributed by atoms with Crippen molar-refractivity contribution in [1.29, 1.82) is 5.26 Å². The topological polar surface area (TPSA) is 79.6 Å². The molecule has 0 aliphatic heterocycles. The van der Waals surface area contributed by atoms with Crippen molar-refractivity contribution < 1.29 is 19.1 Å². The number of nitriles is 1. The van der Waals surface area contributed by atoms with Crippen molar-refractivity contribution in [1.82, 2.24) is 0 Å². The van der Waals surface area contributed by atoms with Crippen molar-refractivity contribution in [2.24, 2.45) is 0 Å². The van der Waals surface area contributed by atoms with Crippen LogP contribution in [-0.4, -0.2) is 32.1 Å². The lowest BCUT2D eigenvalue weighted by molar-refractivity contribution is -0.121. The maximum Gasteiger partial charge on any atom is 0.338 e. The highest BCUT2D eigenvalue weighted by atomic mass is 79.9. The van der Waals surface area contributed by atoms with Crippen LogP contribution in [0.25, 0.3) is 0 Å². The average molecular weight is 403 g/mol. The molecule has 0 spiro atoms. The number of nitrogens with zero attached hydrogens (tertiary/aromatic N) is 2. The number of ether oxygens (including phenoxy) is 2. The molecule has 0 fully saturated rings. The molecule has 0 unspecified atom stereocenters. The van der Waals surface area contributed by atoms with E-state index in [1.165, 1.54) is 12.0 Å². The molecule has 0 N–H and O–H groups in total. The van der Waals surface area contributed by atoms with Gasteiger partial charge in [0.15, 0.2) is 6.61 Å². The lowest BCUT2D eigenvalue weighted by Gasteiger charge is -2.19. The zero-order chi connectivity index (χ0) is 18.2. The molecule has 7 heteroatoms. The Kier molecular flexibility index (Phi) is 6.54. The van der Waals surface area contributed by atoms with Crippen LogP contribution in [0.15, 0.2) is 53.0 Å². The third-order valence-electron chi connectivity index (χ3n) is 3.31. The second-order valence-electron chi connectivity index (χ2n) is 4.90. The number of carbonyl (C=O) groups is 2. The molecule has 0 atom stereocenters. The number of rotatable bonds is 6. The van der Waals surface area contributed by atoms with Gasteiger partial charge in [0.25, 0.3) is 5.91 Å². The molecule has 2 aromatic carbocycles. The second-order valence-corrected chi connectivity index (χ2v) is 5.75. The zero-order valence-corrected chi connectivity index (χ0v) is 15.0. The van der Waals surface area contributed by atoms with E-state index in [2.05, 4.69) is 15.9 Å². The van der Waals surface area contributed by atoms with Crippen LogP contribution in [0.1, 0.15) is 10.4 Å². The Bertz CT molecular complexity index is 802. The number of amides is 1. The summed E-state index contributed by atoms with van der Waals surface area (Å²) in [6.45, 7) is -0.590. The Balaban J connectivity index is 2.03. The summed E-state index contributed by atoms with van der Waals surface area (Å²) in [7, 11) is 1.52. The van der Waals surface area contributed by atoms with E-state index in [0.717, 1.165) is 0 Å². The highest BCUT2D eigenvalue weighted by Gasteiger charge is 2.18. The number of methoxy groups -OCH3 is 1. The van der Waals surface area contributed by atoms with E-state index in [0.29, 0.717) is 15.9 Å². The molecule has 0 bridgehead atoms. The first-order valence-corrected chi connectivity index (χ1v) is 8.09. The highest BCUT2D eigenvalue weighted by Crippen LogP contribution is 2.25. The van der Waals surface area contributed by atoms with E-state index < -0.39 is 18.5 Å². The Morgan fingerprint density at radius 1 is 1.20 bits per heavy atom. The minimum Gasteiger partial charge on any atom is -0.496 e. The van der Waals surface area contributed by atoms with Crippen molar-refractivity contribution in [2.75, 3.05) is 25.2 Å². The Labute approximate surface area is 153 Å². The van der Waals surface area contributed by atoms with E-state index in [1.807, 2.05) is 6.07 Å². The molecule has 2 rings (SSSR count). The fourth-order valence-corrected chi connectivity index (χ4v) is 2.62. The number of hydrogen-bond donors (Lipinski definition) is 0. The third-order valence-corrected chi connectivity index (χ3v) is 3.93. The predicted molar refractivity (Wildman–Crippen MR) is 95.4 cm³/mol. The van der Waals surface area contributed by atoms with Gasteiger partial charge in [0.05, 0.1) is 23.2 Å². The fraction of sp³-hybridized carbons (Fsp3) is 0.167. The van der Waals surface area contributed by atoms with E-state index in [9.17, 15) is 9.59 Å². The van der Waals surface area contributed by atoms with Gasteiger partial charge >= 0.3 is 5.97 Å². The summed E-state index contributed by atoms with van der Waals surface area (Å²) in [5, 5.41) is 8.91. The van der Waals surface area contributed by atoms with Crippen LogP contribution in [0, 0.1) is 11.3 Å². The van der Waals surface area contributed by atoms with Gasteiger partial charge in [-0.3, -0.25) is 9.69 Å². The van der Waals surface area contributed by atoms with Crippen LogP contribution < -0.4 is 9.64 Å². The van der Waals surface area contributed by atoms with Gasteiger partial charge in [-0.2, -0.15) is 5.26 Å². The molecule has 25 heavy (non-hydrogen) atoms. The standard InChI is InChI=1S/C18H15BrN2O4/c1-24-16-8-7-13(11-15(16)19)18(23)25-12-17(22)21(10-9-20)14-5-3-2-4-6-14/h2-8,11H,10,12H2,1H3. The molecule has 0 radical (unpaired) electrons. The Morgan fingerprint density at radius 3 is 2.52 bits per heavy atom. The van der Waals surface area contributed by atoms with Crippen molar-refractivity contribution in [3.05, 3.63) is 58.6 Å². The van der Waals surface area contributed by atoms with Crippen LogP contribution in [-0.2, 0) is 9.53 Å². The van der Waals surface area contributed by atoms with Crippen molar-refractivity contribution in [2.45, 2.75) is 0 Å². The second kappa shape index (κ2) is 8.85. The molecule has 0 aliphatic carbocycles. The number of para-hydroxylation sites is 1. The molecule has 0 saturated carbocycles. The van der Waals surface area contributed by atoms with E-state index in [-0.39, 0.29) is 12.1 Å². The first kappa shape index (κ1) is 18.5. The number of halogens is 1. The van der Waals surface area contributed by atoms with Gasteiger partial charge in [0.1, 0.15) is 12.3 Å². The molecule has 2 aromatic rings. The third kappa shape index (κ3) is 4.81. The summed E-state index contributed by atoms with van der Waals surface area (Å²) in [4.78, 5) is 25.7. The van der Waals surface area contributed by atoms with Gasteiger partial charge in [-0.1, -0.05) is 18.2 Å². The Hall–Kier alpha value is -2.85. The molecule has 6 nitrogen and oxygen atoms in total. The SMILES string of the molecule is COc1ccc(C(=O)OCC(=O)N(CC#N)c2ccccc2)cc1Br. The molecular weight excluding hydrogens is 388 g/mol. The molecule has 1 amide bonds. The number of hydrogen-bond acceptors (Lipinski definition) is 5.